The molecule has 7 heteroatoms. The van der Waals surface area contributed by atoms with Crippen molar-refractivity contribution in [1.29, 1.82) is 0 Å². The fourth-order valence-corrected chi connectivity index (χ4v) is 3.71. The SMILES string of the molecule is C=CCN1C(=O)/C(=C\c2ccc(C)o2)S/C1=N/c1nc(C)cs1. The lowest BCUT2D eigenvalue weighted by atomic mass is 10.3. The molecule has 0 aliphatic carbocycles. The van der Waals surface area contributed by atoms with E-state index in [4.69, 9.17) is 4.42 Å². The van der Waals surface area contributed by atoms with E-state index in [1.165, 1.54) is 23.1 Å². The van der Waals surface area contributed by atoms with Gasteiger partial charge in [0.05, 0.1) is 10.6 Å². The van der Waals surface area contributed by atoms with E-state index in [0.29, 0.717) is 27.5 Å². The van der Waals surface area contributed by atoms with Gasteiger partial charge in [-0.3, -0.25) is 9.69 Å². The van der Waals surface area contributed by atoms with Crippen molar-refractivity contribution in [1.82, 2.24) is 9.88 Å². The van der Waals surface area contributed by atoms with Crippen molar-refractivity contribution in [3.63, 3.8) is 0 Å². The van der Waals surface area contributed by atoms with Crippen LogP contribution in [0.3, 0.4) is 0 Å². The van der Waals surface area contributed by atoms with Crippen molar-refractivity contribution >= 4 is 45.4 Å². The molecule has 2 aromatic rings. The van der Waals surface area contributed by atoms with Crippen molar-refractivity contribution < 1.29 is 9.21 Å². The zero-order valence-electron chi connectivity index (χ0n) is 12.8. The Morgan fingerprint density at radius 3 is 2.87 bits per heavy atom. The third-order valence-corrected chi connectivity index (χ3v) is 4.89. The smallest absolute Gasteiger partial charge is 0.267 e. The van der Waals surface area contributed by atoms with Gasteiger partial charge in [0.25, 0.3) is 5.91 Å². The number of hydrogen-bond donors (Lipinski definition) is 0. The molecule has 0 spiro atoms. The lowest BCUT2D eigenvalue weighted by molar-refractivity contribution is -0.121. The van der Waals surface area contributed by atoms with E-state index < -0.39 is 0 Å². The summed E-state index contributed by atoms with van der Waals surface area (Å²) in [6.45, 7) is 7.90. The van der Waals surface area contributed by atoms with E-state index >= 15 is 0 Å². The molecule has 0 radical (unpaired) electrons. The summed E-state index contributed by atoms with van der Waals surface area (Å²) in [7, 11) is 0. The number of carbonyl (C=O) groups is 1. The first-order valence-corrected chi connectivity index (χ1v) is 8.66. The minimum atomic E-state index is -0.101. The monoisotopic (exact) mass is 345 g/mol. The summed E-state index contributed by atoms with van der Waals surface area (Å²) in [5.74, 6) is 1.36. The second kappa shape index (κ2) is 6.55. The summed E-state index contributed by atoms with van der Waals surface area (Å²) in [4.78, 5) is 23.6. The van der Waals surface area contributed by atoms with Crippen LogP contribution in [0.2, 0.25) is 0 Å². The molecule has 0 saturated carbocycles. The third-order valence-electron chi connectivity index (χ3n) is 3.03. The zero-order chi connectivity index (χ0) is 16.4. The van der Waals surface area contributed by atoms with E-state index in [-0.39, 0.29) is 5.91 Å². The lowest BCUT2D eigenvalue weighted by Gasteiger charge is -2.11. The number of nitrogens with zero attached hydrogens (tertiary/aromatic N) is 3. The topological polar surface area (TPSA) is 58.7 Å². The maximum atomic E-state index is 12.6. The van der Waals surface area contributed by atoms with Gasteiger partial charge >= 0.3 is 0 Å². The van der Waals surface area contributed by atoms with Crippen molar-refractivity contribution in [2.24, 2.45) is 4.99 Å². The van der Waals surface area contributed by atoms with Crippen LogP contribution in [0.15, 0.2) is 44.5 Å². The average Bonchev–Trinajstić information content (AvgIpc) is 3.17. The molecule has 5 nitrogen and oxygen atoms in total. The van der Waals surface area contributed by atoms with Gasteiger partial charge in [0.1, 0.15) is 11.5 Å². The second-order valence-corrected chi connectivity index (χ2v) is 6.77. The molecule has 0 unspecified atom stereocenters. The van der Waals surface area contributed by atoms with Gasteiger partial charge < -0.3 is 4.42 Å². The highest BCUT2D eigenvalue weighted by Crippen LogP contribution is 2.34. The molecule has 3 rings (SSSR count). The number of thiazole rings is 1. The van der Waals surface area contributed by atoms with Crippen molar-refractivity contribution in [3.05, 3.63) is 52.3 Å². The molecule has 2 aromatic heterocycles. The highest BCUT2D eigenvalue weighted by molar-refractivity contribution is 8.18. The fourth-order valence-electron chi connectivity index (χ4n) is 2.02. The van der Waals surface area contributed by atoms with Crippen LogP contribution in [0.4, 0.5) is 5.13 Å². The number of hydrogen-bond acceptors (Lipinski definition) is 6. The Hall–Kier alpha value is -2.12. The molecule has 1 fully saturated rings. The molecular weight excluding hydrogens is 330 g/mol. The van der Waals surface area contributed by atoms with Crippen LogP contribution in [0.1, 0.15) is 17.2 Å². The van der Waals surface area contributed by atoms with Gasteiger partial charge in [-0.2, -0.15) is 4.99 Å². The van der Waals surface area contributed by atoms with Crippen LogP contribution in [-0.4, -0.2) is 27.5 Å². The van der Waals surface area contributed by atoms with Crippen molar-refractivity contribution in [3.8, 4) is 0 Å². The number of thioether (sulfide) groups is 1. The van der Waals surface area contributed by atoms with E-state index in [0.717, 1.165) is 11.5 Å². The normalized spacial score (nSPS) is 18.3. The number of furan rings is 1. The summed E-state index contributed by atoms with van der Waals surface area (Å²) in [6.07, 6.45) is 3.42. The van der Waals surface area contributed by atoms with Crippen LogP contribution < -0.4 is 0 Å². The van der Waals surface area contributed by atoms with Gasteiger partial charge in [-0.05, 0) is 37.7 Å². The Morgan fingerprint density at radius 2 is 2.26 bits per heavy atom. The fraction of sp³-hybridized carbons (Fsp3) is 0.188. The first-order valence-electron chi connectivity index (χ1n) is 6.96. The number of rotatable bonds is 4. The molecule has 1 saturated heterocycles. The number of aliphatic imine (C=N–C) groups is 1. The Bertz CT molecular complexity index is 817. The highest BCUT2D eigenvalue weighted by Gasteiger charge is 2.33. The summed E-state index contributed by atoms with van der Waals surface area (Å²) < 4.78 is 5.52. The van der Waals surface area contributed by atoms with Gasteiger partial charge in [-0.25, -0.2) is 4.98 Å². The maximum absolute atomic E-state index is 12.6. The minimum absolute atomic E-state index is 0.101. The van der Waals surface area contributed by atoms with E-state index in [9.17, 15) is 4.79 Å². The Balaban J connectivity index is 1.93. The number of amidine groups is 1. The van der Waals surface area contributed by atoms with Crippen molar-refractivity contribution in [2.75, 3.05) is 6.54 Å². The first-order chi connectivity index (χ1) is 11.1. The quantitative estimate of drug-likeness (QED) is 0.617. The number of aryl methyl sites for hydroxylation is 2. The van der Waals surface area contributed by atoms with E-state index in [1.807, 2.05) is 31.4 Å². The molecule has 3 heterocycles. The highest BCUT2D eigenvalue weighted by atomic mass is 32.2. The largest absolute Gasteiger partial charge is 0.462 e. The Kier molecular flexibility index (Phi) is 4.49. The van der Waals surface area contributed by atoms with Crippen LogP contribution >= 0.6 is 23.1 Å². The summed E-state index contributed by atoms with van der Waals surface area (Å²) in [6, 6.07) is 3.71. The molecule has 23 heavy (non-hydrogen) atoms. The molecule has 0 aromatic carbocycles. The van der Waals surface area contributed by atoms with Crippen LogP contribution in [-0.2, 0) is 4.79 Å². The molecule has 0 atom stereocenters. The third kappa shape index (κ3) is 3.46. The second-order valence-electron chi connectivity index (χ2n) is 4.93. The molecule has 1 aliphatic heterocycles. The van der Waals surface area contributed by atoms with Gasteiger partial charge in [-0.1, -0.05) is 6.08 Å². The number of amides is 1. The standard InChI is InChI=1S/C16H15N3O2S2/c1-4-7-19-14(20)13(8-12-6-5-11(3)21-12)23-16(19)18-15-17-10(2)9-22-15/h4-6,8-9H,1,7H2,2-3H3/b13-8+,18-16+. The van der Waals surface area contributed by atoms with Crippen LogP contribution in [0.5, 0.6) is 0 Å². The number of aromatic nitrogens is 1. The lowest BCUT2D eigenvalue weighted by Crippen LogP contribution is -2.29. The minimum Gasteiger partial charge on any atom is -0.462 e. The average molecular weight is 345 g/mol. The molecule has 0 N–H and O–H groups in total. The molecule has 0 bridgehead atoms. The molecule has 1 aliphatic rings. The molecule has 118 valence electrons. The summed E-state index contributed by atoms with van der Waals surface area (Å²) in [5, 5.41) is 3.18. The van der Waals surface area contributed by atoms with Gasteiger partial charge in [-0.15, -0.1) is 17.9 Å². The van der Waals surface area contributed by atoms with Gasteiger partial charge in [0, 0.05) is 18.0 Å². The molecular formula is C16H15N3O2S2. The van der Waals surface area contributed by atoms with Crippen LogP contribution in [0, 0.1) is 13.8 Å². The Labute approximate surface area is 142 Å². The predicted octanol–water partition coefficient (Wildman–Crippen LogP) is 4.14. The Morgan fingerprint density at radius 1 is 1.43 bits per heavy atom. The molecule has 1 amide bonds. The van der Waals surface area contributed by atoms with Crippen LogP contribution in [0.25, 0.3) is 6.08 Å². The van der Waals surface area contributed by atoms with E-state index in [2.05, 4.69) is 16.6 Å². The summed E-state index contributed by atoms with van der Waals surface area (Å²) >= 11 is 2.77. The zero-order valence-corrected chi connectivity index (χ0v) is 14.4. The predicted molar refractivity (Wildman–Crippen MR) is 94.9 cm³/mol. The van der Waals surface area contributed by atoms with Crippen molar-refractivity contribution in [2.45, 2.75) is 13.8 Å². The first kappa shape index (κ1) is 15.8. The van der Waals surface area contributed by atoms with Gasteiger partial charge in [0.15, 0.2) is 5.17 Å². The maximum Gasteiger partial charge on any atom is 0.267 e. The summed E-state index contributed by atoms with van der Waals surface area (Å²) in [5.41, 5.74) is 0.917. The number of carbonyl (C=O) groups excluding carboxylic acids is 1. The van der Waals surface area contributed by atoms with E-state index in [1.54, 1.807) is 17.1 Å². The van der Waals surface area contributed by atoms with Gasteiger partial charge in [0.2, 0.25) is 5.13 Å².